The molecule has 0 bridgehead atoms. The molecule has 2 rings (SSSR count). The average Bonchev–Trinajstić information content (AvgIpc) is 2.55. The van der Waals surface area contributed by atoms with Crippen molar-refractivity contribution in [1.29, 1.82) is 0 Å². The first kappa shape index (κ1) is 16.5. The van der Waals surface area contributed by atoms with Crippen LogP contribution >= 0.6 is 0 Å². The van der Waals surface area contributed by atoms with Gasteiger partial charge in [0.05, 0.1) is 0 Å². The van der Waals surface area contributed by atoms with E-state index in [0.717, 1.165) is 0 Å². The van der Waals surface area contributed by atoms with Crippen molar-refractivity contribution in [2.75, 3.05) is 0 Å². The molecule has 6 heteroatoms. The molecule has 23 heavy (non-hydrogen) atoms. The molecule has 0 unspecified atom stereocenters. The van der Waals surface area contributed by atoms with Gasteiger partial charge in [-0.3, -0.25) is 9.59 Å². The van der Waals surface area contributed by atoms with E-state index in [4.69, 9.17) is 10.5 Å². The number of primary amides is 1. The molecule has 0 aliphatic heterocycles. The van der Waals surface area contributed by atoms with Crippen molar-refractivity contribution in [3.05, 3.63) is 66.0 Å². The van der Waals surface area contributed by atoms with Crippen molar-refractivity contribution in [2.24, 2.45) is 5.73 Å². The van der Waals surface area contributed by atoms with Gasteiger partial charge in [0.15, 0.2) is 6.10 Å². The molecule has 0 aromatic heterocycles. The molecule has 0 spiro atoms. The lowest BCUT2D eigenvalue weighted by Gasteiger charge is -2.19. The standard InChI is InChI=1S/C17H17FN2O3/c1-11(23-14-9-7-13(18)8-10-14)17(22)20-15(16(19)21)12-5-3-2-4-6-12/h2-11,15H,1H3,(H2,19,21)(H,20,22)/t11-,15-/m0/s1. The maximum atomic E-state index is 12.8. The highest BCUT2D eigenvalue weighted by Crippen LogP contribution is 2.15. The summed E-state index contributed by atoms with van der Waals surface area (Å²) in [5.74, 6) is -1.21. The molecule has 0 aliphatic carbocycles. The molecule has 0 aliphatic rings. The van der Waals surface area contributed by atoms with Crippen molar-refractivity contribution >= 4 is 11.8 Å². The van der Waals surface area contributed by atoms with Crippen LogP contribution in [0.2, 0.25) is 0 Å². The van der Waals surface area contributed by atoms with Crippen LogP contribution in [0.1, 0.15) is 18.5 Å². The first-order chi connectivity index (χ1) is 11.0. The first-order valence-corrected chi connectivity index (χ1v) is 7.04. The normalized spacial score (nSPS) is 13.0. The summed E-state index contributed by atoms with van der Waals surface area (Å²) in [6.45, 7) is 1.53. The summed E-state index contributed by atoms with van der Waals surface area (Å²) in [4.78, 5) is 23.8. The quantitative estimate of drug-likeness (QED) is 0.854. The Kier molecular flexibility index (Phi) is 5.30. The maximum Gasteiger partial charge on any atom is 0.261 e. The van der Waals surface area contributed by atoms with Crippen LogP contribution < -0.4 is 15.8 Å². The van der Waals surface area contributed by atoms with E-state index in [-0.39, 0.29) is 0 Å². The lowest BCUT2D eigenvalue weighted by atomic mass is 10.1. The van der Waals surface area contributed by atoms with E-state index in [2.05, 4.69) is 5.32 Å². The fourth-order valence-electron chi connectivity index (χ4n) is 1.99. The van der Waals surface area contributed by atoms with Crippen LogP contribution in [0.3, 0.4) is 0 Å². The monoisotopic (exact) mass is 316 g/mol. The van der Waals surface area contributed by atoms with Gasteiger partial charge >= 0.3 is 0 Å². The number of carbonyl (C=O) groups excluding carboxylic acids is 2. The summed E-state index contributed by atoms with van der Waals surface area (Å²) in [5.41, 5.74) is 5.94. The molecule has 120 valence electrons. The molecule has 0 fully saturated rings. The Morgan fingerprint density at radius 1 is 1.09 bits per heavy atom. The van der Waals surface area contributed by atoms with Crippen molar-refractivity contribution < 1.29 is 18.7 Å². The number of nitrogens with two attached hydrogens (primary N) is 1. The third kappa shape index (κ3) is 4.54. The second kappa shape index (κ2) is 7.40. The second-order valence-corrected chi connectivity index (χ2v) is 4.97. The van der Waals surface area contributed by atoms with Crippen LogP contribution in [0, 0.1) is 5.82 Å². The predicted molar refractivity (Wildman–Crippen MR) is 83.0 cm³/mol. The Morgan fingerprint density at radius 3 is 2.26 bits per heavy atom. The van der Waals surface area contributed by atoms with E-state index in [1.54, 1.807) is 30.3 Å². The van der Waals surface area contributed by atoms with Gasteiger partial charge in [0.2, 0.25) is 5.91 Å². The molecular formula is C17H17FN2O3. The van der Waals surface area contributed by atoms with Crippen molar-refractivity contribution in [3.8, 4) is 5.75 Å². The lowest BCUT2D eigenvalue weighted by molar-refractivity contribution is -0.131. The molecule has 0 saturated carbocycles. The predicted octanol–water partition coefficient (Wildman–Crippen LogP) is 1.94. The minimum absolute atomic E-state index is 0.351. The molecule has 3 N–H and O–H groups in total. The van der Waals surface area contributed by atoms with Crippen LogP contribution in [0.25, 0.3) is 0 Å². The summed E-state index contributed by atoms with van der Waals surface area (Å²) in [6.07, 6.45) is -0.869. The Balaban J connectivity index is 2.03. The minimum atomic E-state index is -0.942. The molecule has 2 aromatic rings. The first-order valence-electron chi connectivity index (χ1n) is 7.04. The van der Waals surface area contributed by atoms with Crippen LogP contribution in [0.15, 0.2) is 54.6 Å². The number of rotatable bonds is 6. The van der Waals surface area contributed by atoms with Crippen LogP contribution in [0.4, 0.5) is 4.39 Å². The van der Waals surface area contributed by atoms with Crippen molar-refractivity contribution in [1.82, 2.24) is 5.32 Å². The van der Waals surface area contributed by atoms with Gasteiger partial charge in [-0.15, -0.1) is 0 Å². The molecule has 0 radical (unpaired) electrons. The molecule has 2 aromatic carbocycles. The fourth-order valence-corrected chi connectivity index (χ4v) is 1.99. The zero-order valence-electron chi connectivity index (χ0n) is 12.5. The van der Waals surface area contributed by atoms with E-state index >= 15 is 0 Å². The zero-order chi connectivity index (χ0) is 16.8. The number of benzene rings is 2. The van der Waals surface area contributed by atoms with E-state index in [0.29, 0.717) is 11.3 Å². The van der Waals surface area contributed by atoms with Gasteiger partial charge < -0.3 is 15.8 Å². The smallest absolute Gasteiger partial charge is 0.261 e. The van der Waals surface area contributed by atoms with Crippen molar-refractivity contribution in [3.63, 3.8) is 0 Å². The largest absolute Gasteiger partial charge is 0.481 e. The van der Waals surface area contributed by atoms with Gasteiger partial charge in [0, 0.05) is 0 Å². The highest BCUT2D eigenvalue weighted by atomic mass is 19.1. The van der Waals surface area contributed by atoms with E-state index in [9.17, 15) is 14.0 Å². The van der Waals surface area contributed by atoms with Gasteiger partial charge in [-0.2, -0.15) is 0 Å². The molecule has 0 heterocycles. The number of carbonyl (C=O) groups is 2. The minimum Gasteiger partial charge on any atom is -0.481 e. The van der Waals surface area contributed by atoms with Crippen molar-refractivity contribution in [2.45, 2.75) is 19.1 Å². The molecular weight excluding hydrogens is 299 g/mol. The van der Waals surface area contributed by atoms with Crippen LogP contribution in [0.5, 0.6) is 5.75 Å². The number of halogens is 1. The Morgan fingerprint density at radius 2 is 1.70 bits per heavy atom. The number of hydrogen-bond acceptors (Lipinski definition) is 3. The second-order valence-electron chi connectivity index (χ2n) is 4.97. The Labute approximate surface area is 133 Å². The van der Waals surface area contributed by atoms with Gasteiger partial charge in [-0.25, -0.2) is 4.39 Å². The molecule has 5 nitrogen and oxygen atoms in total. The highest BCUT2D eigenvalue weighted by molar-refractivity contribution is 5.89. The highest BCUT2D eigenvalue weighted by Gasteiger charge is 2.23. The van der Waals surface area contributed by atoms with E-state index in [1.165, 1.54) is 31.2 Å². The number of ether oxygens (including phenoxy) is 1. The third-order valence-corrected chi connectivity index (χ3v) is 3.20. The zero-order valence-corrected chi connectivity index (χ0v) is 12.5. The Hall–Kier alpha value is -2.89. The Bertz CT molecular complexity index is 674. The lowest BCUT2D eigenvalue weighted by Crippen LogP contribution is -2.43. The number of hydrogen-bond donors (Lipinski definition) is 2. The third-order valence-electron chi connectivity index (χ3n) is 3.20. The summed E-state index contributed by atoms with van der Waals surface area (Å²) >= 11 is 0. The summed E-state index contributed by atoms with van der Waals surface area (Å²) in [6, 6.07) is 13.0. The van der Waals surface area contributed by atoms with Gasteiger partial charge in [0.1, 0.15) is 17.6 Å². The van der Waals surface area contributed by atoms with Crippen LogP contribution in [-0.2, 0) is 9.59 Å². The van der Waals surface area contributed by atoms with E-state index in [1.807, 2.05) is 0 Å². The van der Waals surface area contributed by atoms with Gasteiger partial charge in [-0.05, 0) is 36.8 Å². The number of amides is 2. The van der Waals surface area contributed by atoms with E-state index < -0.39 is 29.8 Å². The average molecular weight is 316 g/mol. The summed E-state index contributed by atoms with van der Waals surface area (Å²) in [7, 11) is 0. The molecule has 0 saturated heterocycles. The van der Waals surface area contributed by atoms with Gasteiger partial charge in [0.25, 0.3) is 5.91 Å². The summed E-state index contributed by atoms with van der Waals surface area (Å²) in [5, 5.41) is 2.55. The molecule has 2 amide bonds. The molecule has 2 atom stereocenters. The van der Waals surface area contributed by atoms with Crippen LogP contribution in [-0.4, -0.2) is 17.9 Å². The number of nitrogens with one attached hydrogen (secondary N) is 1. The topological polar surface area (TPSA) is 81.4 Å². The fraction of sp³-hybridized carbons (Fsp3) is 0.176. The SMILES string of the molecule is C[C@H](Oc1ccc(F)cc1)C(=O)N[C@H](C(N)=O)c1ccccc1. The summed E-state index contributed by atoms with van der Waals surface area (Å²) < 4.78 is 18.3. The maximum absolute atomic E-state index is 12.8. The van der Waals surface area contributed by atoms with Gasteiger partial charge in [-0.1, -0.05) is 30.3 Å².